The Hall–Kier alpha value is -1.65. The number of thiophene rings is 1. The van der Waals surface area contributed by atoms with E-state index in [9.17, 15) is 9.90 Å². The van der Waals surface area contributed by atoms with Gasteiger partial charge < -0.3 is 10.0 Å². The van der Waals surface area contributed by atoms with Crippen molar-refractivity contribution in [3.05, 3.63) is 58.3 Å². The highest BCUT2D eigenvalue weighted by Crippen LogP contribution is 2.28. The Labute approximate surface area is 141 Å². The summed E-state index contributed by atoms with van der Waals surface area (Å²) in [7, 11) is 0. The topological polar surface area (TPSA) is 40.5 Å². The van der Waals surface area contributed by atoms with Crippen LogP contribution < -0.4 is 0 Å². The van der Waals surface area contributed by atoms with Crippen LogP contribution in [0.3, 0.4) is 0 Å². The van der Waals surface area contributed by atoms with Crippen molar-refractivity contribution < 1.29 is 9.90 Å². The summed E-state index contributed by atoms with van der Waals surface area (Å²) in [6.07, 6.45) is 3.56. The van der Waals surface area contributed by atoms with Gasteiger partial charge in [0.25, 0.3) is 0 Å². The molecule has 1 aromatic carbocycles. The second-order valence-corrected chi connectivity index (χ2v) is 7.16. The molecule has 1 aliphatic rings. The predicted molar refractivity (Wildman–Crippen MR) is 93.4 cm³/mol. The number of aliphatic hydroxyl groups is 1. The van der Waals surface area contributed by atoms with E-state index in [4.69, 9.17) is 0 Å². The van der Waals surface area contributed by atoms with E-state index in [2.05, 4.69) is 11.4 Å². The molecule has 4 heteroatoms. The monoisotopic (exact) mass is 329 g/mol. The molecule has 1 fully saturated rings. The molecule has 2 unspecified atom stereocenters. The highest BCUT2D eigenvalue weighted by Gasteiger charge is 2.30. The Morgan fingerprint density at radius 1 is 1.26 bits per heavy atom. The van der Waals surface area contributed by atoms with Gasteiger partial charge in [-0.05, 0) is 42.7 Å². The Balaban J connectivity index is 1.55. The summed E-state index contributed by atoms with van der Waals surface area (Å²) in [5, 5.41) is 12.5. The number of amides is 1. The predicted octanol–water partition coefficient (Wildman–Crippen LogP) is 3.80. The third-order valence-electron chi connectivity index (χ3n) is 4.54. The Kier molecular flexibility index (Phi) is 5.47. The summed E-state index contributed by atoms with van der Waals surface area (Å²) in [5.74, 6) is 0.223. The Morgan fingerprint density at radius 2 is 2.09 bits per heavy atom. The molecule has 2 atom stereocenters. The lowest BCUT2D eigenvalue weighted by Gasteiger charge is -2.27. The largest absolute Gasteiger partial charge is 0.388 e. The standard InChI is InChI=1S/C19H23NO2S/c21-18(15-6-2-1-3-7-15)14-16-8-4-12-20(16)19(22)11-10-17-9-5-13-23-17/h1-3,5-7,9,13,16,18,21H,4,8,10-12,14H2. The molecular formula is C19H23NO2S. The summed E-state index contributed by atoms with van der Waals surface area (Å²) in [5.41, 5.74) is 0.936. The van der Waals surface area contributed by atoms with E-state index < -0.39 is 6.10 Å². The van der Waals surface area contributed by atoms with Crippen molar-refractivity contribution in [2.24, 2.45) is 0 Å². The average molecular weight is 329 g/mol. The van der Waals surface area contributed by atoms with Crippen LogP contribution in [0.5, 0.6) is 0 Å². The molecule has 0 bridgehead atoms. The maximum absolute atomic E-state index is 12.5. The molecule has 2 aromatic rings. The first-order chi connectivity index (χ1) is 11.2. The summed E-state index contributed by atoms with van der Waals surface area (Å²) in [6.45, 7) is 0.829. The van der Waals surface area contributed by atoms with Gasteiger partial charge in [-0.1, -0.05) is 36.4 Å². The van der Waals surface area contributed by atoms with E-state index in [-0.39, 0.29) is 11.9 Å². The summed E-state index contributed by atoms with van der Waals surface area (Å²) in [4.78, 5) is 15.8. The van der Waals surface area contributed by atoms with Crippen LogP contribution in [-0.4, -0.2) is 28.5 Å². The molecule has 1 saturated heterocycles. The SMILES string of the molecule is O=C(CCc1cccs1)N1CCCC1CC(O)c1ccccc1. The molecule has 1 N–H and O–H groups in total. The lowest BCUT2D eigenvalue weighted by Crippen LogP contribution is -2.36. The van der Waals surface area contributed by atoms with Crippen LogP contribution in [0.2, 0.25) is 0 Å². The Morgan fingerprint density at radius 3 is 2.83 bits per heavy atom. The number of likely N-dealkylation sites (tertiary alicyclic amines) is 1. The number of nitrogens with zero attached hydrogens (tertiary/aromatic N) is 1. The van der Waals surface area contributed by atoms with Gasteiger partial charge in [0.2, 0.25) is 5.91 Å². The molecule has 0 spiro atoms. The fourth-order valence-electron chi connectivity index (χ4n) is 3.31. The van der Waals surface area contributed by atoms with Gasteiger partial charge in [0, 0.05) is 23.9 Å². The van der Waals surface area contributed by atoms with Crippen molar-refractivity contribution in [1.82, 2.24) is 4.90 Å². The minimum absolute atomic E-state index is 0.168. The quantitative estimate of drug-likeness (QED) is 0.876. The first kappa shape index (κ1) is 16.2. The van der Waals surface area contributed by atoms with E-state index in [1.807, 2.05) is 41.3 Å². The van der Waals surface area contributed by atoms with E-state index >= 15 is 0 Å². The van der Waals surface area contributed by atoms with E-state index in [0.717, 1.165) is 31.4 Å². The summed E-state index contributed by atoms with van der Waals surface area (Å²) < 4.78 is 0. The molecule has 3 nitrogen and oxygen atoms in total. The molecule has 23 heavy (non-hydrogen) atoms. The maximum Gasteiger partial charge on any atom is 0.223 e. The molecule has 2 heterocycles. The minimum Gasteiger partial charge on any atom is -0.388 e. The highest BCUT2D eigenvalue weighted by atomic mass is 32.1. The molecule has 1 aromatic heterocycles. The van der Waals surface area contributed by atoms with Crippen molar-refractivity contribution in [3.63, 3.8) is 0 Å². The molecule has 1 aliphatic heterocycles. The molecule has 0 aliphatic carbocycles. The van der Waals surface area contributed by atoms with Gasteiger partial charge in [-0.2, -0.15) is 0 Å². The van der Waals surface area contributed by atoms with Crippen LogP contribution in [0.1, 0.15) is 42.2 Å². The fourth-order valence-corrected chi connectivity index (χ4v) is 4.02. The third kappa shape index (κ3) is 4.21. The smallest absolute Gasteiger partial charge is 0.223 e. The van der Waals surface area contributed by atoms with E-state index in [1.165, 1.54) is 4.88 Å². The molecule has 0 radical (unpaired) electrons. The molecular weight excluding hydrogens is 306 g/mol. The second-order valence-electron chi connectivity index (χ2n) is 6.12. The van der Waals surface area contributed by atoms with Gasteiger partial charge in [0.15, 0.2) is 0 Å². The van der Waals surface area contributed by atoms with Crippen LogP contribution in [0.4, 0.5) is 0 Å². The van der Waals surface area contributed by atoms with Crippen molar-refractivity contribution in [3.8, 4) is 0 Å². The zero-order valence-corrected chi connectivity index (χ0v) is 14.0. The summed E-state index contributed by atoms with van der Waals surface area (Å²) in [6, 6.07) is 14.0. The Bertz CT molecular complexity index is 612. The van der Waals surface area contributed by atoms with Crippen molar-refractivity contribution in [1.29, 1.82) is 0 Å². The number of benzene rings is 1. The van der Waals surface area contributed by atoms with Gasteiger partial charge in [-0.15, -0.1) is 11.3 Å². The number of carbonyl (C=O) groups excluding carboxylic acids is 1. The highest BCUT2D eigenvalue weighted by molar-refractivity contribution is 7.09. The van der Waals surface area contributed by atoms with Crippen molar-refractivity contribution in [2.45, 2.75) is 44.2 Å². The minimum atomic E-state index is -0.494. The molecule has 1 amide bonds. The van der Waals surface area contributed by atoms with Gasteiger partial charge >= 0.3 is 0 Å². The average Bonchev–Trinajstić information content (AvgIpc) is 3.25. The van der Waals surface area contributed by atoms with Crippen LogP contribution >= 0.6 is 11.3 Å². The summed E-state index contributed by atoms with van der Waals surface area (Å²) >= 11 is 1.71. The molecule has 3 rings (SSSR count). The van der Waals surface area contributed by atoms with Crippen LogP contribution in [0.25, 0.3) is 0 Å². The van der Waals surface area contributed by atoms with Crippen LogP contribution in [0, 0.1) is 0 Å². The lowest BCUT2D eigenvalue weighted by atomic mass is 10.0. The van der Waals surface area contributed by atoms with Crippen molar-refractivity contribution in [2.75, 3.05) is 6.54 Å². The first-order valence-electron chi connectivity index (χ1n) is 8.29. The first-order valence-corrected chi connectivity index (χ1v) is 9.17. The lowest BCUT2D eigenvalue weighted by molar-refractivity contribution is -0.132. The maximum atomic E-state index is 12.5. The fraction of sp³-hybridized carbons (Fsp3) is 0.421. The van der Waals surface area contributed by atoms with Gasteiger partial charge in [0.05, 0.1) is 6.10 Å². The van der Waals surface area contributed by atoms with E-state index in [0.29, 0.717) is 12.8 Å². The van der Waals surface area contributed by atoms with E-state index in [1.54, 1.807) is 11.3 Å². The van der Waals surface area contributed by atoms with Crippen LogP contribution in [-0.2, 0) is 11.2 Å². The number of aryl methyl sites for hydroxylation is 1. The zero-order chi connectivity index (χ0) is 16.1. The van der Waals surface area contributed by atoms with Crippen molar-refractivity contribution >= 4 is 17.2 Å². The number of aliphatic hydroxyl groups excluding tert-OH is 1. The zero-order valence-electron chi connectivity index (χ0n) is 13.2. The molecule has 122 valence electrons. The van der Waals surface area contributed by atoms with Crippen LogP contribution in [0.15, 0.2) is 47.8 Å². The third-order valence-corrected chi connectivity index (χ3v) is 5.48. The number of hydrogen-bond acceptors (Lipinski definition) is 3. The molecule has 0 saturated carbocycles. The van der Waals surface area contributed by atoms with Gasteiger partial charge in [-0.3, -0.25) is 4.79 Å². The second kappa shape index (κ2) is 7.75. The van der Waals surface area contributed by atoms with Gasteiger partial charge in [0.1, 0.15) is 0 Å². The normalized spacial score (nSPS) is 19.0. The number of carbonyl (C=O) groups is 1. The van der Waals surface area contributed by atoms with Gasteiger partial charge in [-0.25, -0.2) is 0 Å². The number of rotatable bonds is 6. The number of hydrogen-bond donors (Lipinski definition) is 1.